The van der Waals surface area contributed by atoms with Gasteiger partial charge in [0.25, 0.3) is 0 Å². The highest BCUT2D eigenvalue weighted by Crippen LogP contribution is 2.40. The van der Waals surface area contributed by atoms with Gasteiger partial charge in [-0.25, -0.2) is 4.39 Å². The molecular formula is C15H15BrClFN2O2. The van der Waals surface area contributed by atoms with Crippen molar-refractivity contribution in [3.63, 3.8) is 0 Å². The molecule has 118 valence electrons. The molecular weight excluding hydrogens is 375 g/mol. The summed E-state index contributed by atoms with van der Waals surface area (Å²) >= 11 is 9.55. The molecule has 1 aliphatic heterocycles. The molecule has 0 bridgehead atoms. The van der Waals surface area contributed by atoms with Crippen molar-refractivity contribution in [2.24, 2.45) is 0 Å². The summed E-state index contributed by atoms with van der Waals surface area (Å²) in [6.07, 6.45) is 0.114. The van der Waals surface area contributed by atoms with Gasteiger partial charge in [0.2, 0.25) is 0 Å². The van der Waals surface area contributed by atoms with Gasteiger partial charge >= 0.3 is 0 Å². The third-order valence-corrected chi connectivity index (χ3v) is 5.04. The van der Waals surface area contributed by atoms with Gasteiger partial charge in [0.05, 0.1) is 27.1 Å². The number of aliphatic hydroxyl groups excluding tert-OH is 1. The maximum absolute atomic E-state index is 14.4. The fourth-order valence-corrected chi connectivity index (χ4v) is 3.54. The quantitative estimate of drug-likeness (QED) is 0.823. The Hall–Kier alpha value is -0.950. The summed E-state index contributed by atoms with van der Waals surface area (Å²) in [7, 11) is 0. The van der Waals surface area contributed by atoms with E-state index < -0.39 is 11.9 Å². The van der Waals surface area contributed by atoms with Crippen LogP contribution in [0, 0.1) is 12.7 Å². The number of aliphatic hydroxyl groups is 1. The van der Waals surface area contributed by atoms with E-state index in [9.17, 15) is 9.50 Å². The third kappa shape index (κ3) is 2.69. The normalized spacial score (nSPS) is 22.0. The lowest BCUT2D eigenvalue weighted by Crippen LogP contribution is -2.38. The molecule has 22 heavy (non-hydrogen) atoms. The lowest BCUT2D eigenvalue weighted by atomic mass is 9.93. The van der Waals surface area contributed by atoms with Crippen LogP contribution in [0.2, 0.25) is 5.02 Å². The first kappa shape index (κ1) is 15.9. The molecule has 1 aliphatic rings. The van der Waals surface area contributed by atoms with Crippen LogP contribution in [0.4, 0.5) is 4.39 Å². The molecule has 1 aromatic heterocycles. The van der Waals surface area contributed by atoms with Crippen molar-refractivity contribution in [2.75, 3.05) is 13.1 Å². The predicted octanol–water partition coefficient (Wildman–Crippen LogP) is 3.64. The number of hydrogen-bond acceptors (Lipinski definition) is 4. The van der Waals surface area contributed by atoms with Crippen LogP contribution in [-0.4, -0.2) is 29.5 Å². The Morgan fingerprint density at radius 1 is 1.50 bits per heavy atom. The van der Waals surface area contributed by atoms with E-state index in [0.717, 1.165) is 6.54 Å². The van der Waals surface area contributed by atoms with Crippen molar-refractivity contribution in [3.8, 4) is 11.3 Å². The highest BCUT2D eigenvalue weighted by atomic mass is 79.9. The summed E-state index contributed by atoms with van der Waals surface area (Å²) in [4.78, 5) is 0. The predicted molar refractivity (Wildman–Crippen MR) is 85.6 cm³/mol. The molecule has 7 heteroatoms. The van der Waals surface area contributed by atoms with Gasteiger partial charge in [-0.1, -0.05) is 22.8 Å². The molecule has 0 aliphatic carbocycles. The second kappa shape index (κ2) is 6.28. The van der Waals surface area contributed by atoms with E-state index >= 15 is 0 Å². The van der Waals surface area contributed by atoms with Gasteiger partial charge in [0.1, 0.15) is 11.5 Å². The van der Waals surface area contributed by atoms with E-state index in [1.54, 1.807) is 19.1 Å². The van der Waals surface area contributed by atoms with Crippen LogP contribution in [0.1, 0.15) is 23.7 Å². The zero-order valence-electron chi connectivity index (χ0n) is 11.9. The smallest absolute Gasteiger partial charge is 0.158 e. The maximum atomic E-state index is 14.4. The first-order valence-corrected chi connectivity index (χ1v) is 8.16. The number of hydrogen-bond donors (Lipinski definition) is 2. The lowest BCUT2D eigenvalue weighted by Gasteiger charge is -2.26. The molecule has 2 atom stereocenters. The summed E-state index contributed by atoms with van der Waals surface area (Å²) in [6, 6.07) is 3.25. The zero-order chi connectivity index (χ0) is 15.9. The average Bonchev–Trinajstić information content (AvgIpc) is 2.86. The molecule has 1 aromatic carbocycles. The second-order valence-electron chi connectivity index (χ2n) is 5.43. The average molecular weight is 390 g/mol. The number of rotatable bonds is 2. The molecule has 0 saturated carbocycles. The van der Waals surface area contributed by atoms with Crippen LogP contribution in [0.3, 0.4) is 0 Å². The number of halogens is 3. The van der Waals surface area contributed by atoms with Crippen molar-refractivity contribution in [1.82, 2.24) is 10.5 Å². The van der Waals surface area contributed by atoms with Crippen molar-refractivity contribution >= 4 is 27.5 Å². The lowest BCUT2D eigenvalue weighted by molar-refractivity contribution is 0.101. The molecule has 3 rings (SSSR count). The van der Waals surface area contributed by atoms with E-state index in [0.29, 0.717) is 34.5 Å². The largest absolute Gasteiger partial charge is 0.392 e. The fourth-order valence-electron chi connectivity index (χ4n) is 2.66. The fraction of sp³-hybridized carbons (Fsp3) is 0.400. The number of nitrogens with one attached hydrogen (secondary N) is 1. The zero-order valence-corrected chi connectivity index (χ0v) is 14.2. The molecule has 0 amide bonds. The standard InChI is InChI=1S/C15H15BrClFN2O2/c1-7-2-3-9(17)11(13(7)18)14-12(16)15(22-20-14)8-6-19-5-4-10(8)21/h2-3,8,10,19,21H,4-6H2,1H3/t8-,10+/m0/s1. The highest BCUT2D eigenvalue weighted by Gasteiger charge is 2.32. The Bertz CT molecular complexity index is 707. The molecule has 2 N–H and O–H groups in total. The van der Waals surface area contributed by atoms with Crippen molar-refractivity contribution in [2.45, 2.75) is 25.4 Å². The van der Waals surface area contributed by atoms with E-state index in [2.05, 4.69) is 26.4 Å². The Kier molecular flexibility index (Phi) is 4.54. The second-order valence-corrected chi connectivity index (χ2v) is 6.63. The Labute approximate surface area is 140 Å². The highest BCUT2D eigenvalue weighted by molar-refractivity contribution is 9.10. The molecule has 1 saturated heterocycles. The minimum Gasteiger partial charge on any atom is -0.392 e. The summed E-state index contributed by atoms with van der Waals surface area (Å²) in [6.45, 7) is 3.01. The first-order valence-electron chi connectivity index (χ1n) is 6.99. The molecule has 2 aromatic rings. The van der Waals surface area contributed by atoms with Gasteiger partial charge in [-0.2, -0.15) is 0 Å². The van der Waals surface area contributed by atoms with Crippen molar-refractivity contribution < 1.29 is 14.0 Å². The maximum Gasteiger partial charge on any atom is 0.158 e. The van der Waals surface area contributed by atoms with Crippen LogP contribution < -0.4 is 5.32 Å². The Morgan fingerprint density at radius 2 is 2.27 bits per heavy atom. The minimum atomic E-state index is -0.517. The minimum absolute atomic E-state index is 0.210. The summed E-state index contributed by atoms with van der Waals surface area (Å²) in [5.74, 6) is -0.141. The number of aromatic nitrogens is 1. The van der Waals surface area contributed by atoms with Crippen LogP contribution in [0.15, 0.2) is 21.1 Å². The number of aryl methyl sites for hydroxylation is 1. The summed E-state index contributed by atoms with van der Waals surface area (Å²) in [5.41, 5.74) is 1.01. The van der Waals surface area contributed by atoms with Gasteiger partial charge in [-0.3, -0.25) is 0 Å². The molecule has 0 unspecified atom stereocenters. The Balaban J connectivity index is 2.06. The van der Waals surface area contributed by atoms with Gasteiger partial charge in [-0.15, -0.1) is 0 Å². The third-order valence-electron chi connectivity index (χ3n) is 3.96. The molecule has 0 spiro atoms. The summed E-state index contributed by atoms with van der Waals surface area (Å²) < 4.78 is 20.3. The summed E-state index contributed by atoms with van der Waals surface area (Å²) in [5, 5.41) is 17.6. The number of benzene rings is 1. The monoisotopic (exact) mass is 388 g/mol. The number of piperidine rings is 1. The van der Waals surface area contributed by atoms with E-state index in [1.165, 1.54) is 0 Å². The van der Waals surface area contributed by atoms with Crippen LogP contribution in [0.5, 0.6) is 0 Å². The molecule has 4 nitrogen and oxygen atoms in total. The van der Waals surface area contributed by atoms with Crippen molar-refractivity contribution in [1.29, 1.82) is 0 Å². The Morgan fingerprint density at radius 3 is 3.00 bits per heavy atom. The van der Waals surface area contributed by atoms with Crippen LogP contribution in [0.25, 0.3) is 11.3 Å². The van der Waals surface area contributed by atoms with Gasteiger partial charge in [0.15, 0.2) is 5.76 Å². The first-order chi connectivity index (χ1) is 10.5. The van der Waals surface area contributed by atoms with Gasteiger partial charge in [0, 0.05) is 6.54 Å². The van der Waals surface area contributed by atoms with E-state index in [4.69, 9.17) is 16.1 Å². The van der Waals surface area contributed by atoms with Crippen LogP contribution in [-0.2, 0) is 0 Å². The van der Waals surface area contributed by atoms with Crippen molar-refractivity contribution in [3.05, 3.63) is 38.8 Å². The van der Waals surface area contributed by atoms with E-state index in [1.807, 2.05) is 0 Å². The number of nitrogens with zero attached hydrogens (tertiary/aromatic N) is 1. The molecule has 1 fully saturated rings. The van der Waals surface area contributed by atoms with Gasteiger partial charge < -0.3 is 14.9 Å². The molecule has 2 heterocycles. The van der Waals surface area contributed by atoms with Crippen LogP contribution >= 0.6 is 27.5 Å². The SMILES string of the molecule is Cc1ccc(Cl)c(-c2noc([C@H]3CNCC[C@H]3O)c2Br)c1F. The van der Waals surface area contributed by atoms with Gasteiger partial charge in [-0.05, 0) is 47.4 Å². The topological polar surface area (TPSA) is 58.3 Å². The molecule has 0 radical (unpaired) electrons. The van der Waals surface area contributed by atoms with E-state index in [-0.39, 0.29) is 16.5 Å².